The Morgan fingerprint density at radius 3 is 2.10 bits per heavy atom. The Bertz CT molecular complexity index is 374. The lowest BCUT2D eigenvalue weighted by Crippen LogP contribution is -2.46. The van der Waals surface area contributed by atoms with E-state index in [0.717, 1.165) is 38.0 Å². The van der Waals surface area contributed by atoms with E-state index in [-0.39, 0.29) is 11.8 Å². The van der Waals surface area contributed by atoms with Crippen LogP contribution < -0.4 is 0 Å². The first-order valence-electron chi connectivity index (χ1n) is 8.54. The molecule has 4 nitrogen and oxygen atoms in total. The topological polar surface area (TPSA) is 57.6 Å². The number of nitrogens with zero attached hydrogens (tertiary/aromatic N) is 1. The maximum absolute atomic E-state index is 12.7. The normalized spacial score (nSPS) is 33.4. The first-order valence-corrected chi connectivity index (χ1v) is 8.54. The zero-order valence-electron chi connectivity index (χ0n) is 13.4. The first-order chi connectivity index (χ1) is 10.0. The highest BCUT2D eigenvalue weighted by atomic mass is 16.4. The zero-order chi connectivity index (χ0) is 15.4. The Morgan fingerprint density at radius 2 is 1.57 bits per heavy atom. The van der Waals surface area contributed by atoms with Crippen molar-refractivity contribution in [3.8, 4) is 0 Å². The number of carbonyl (C=O) groups is 2. The Balaban J connectivity index is 1.96. The molecule has 0 aromatic heterocycles. The molecule has 1 N–H and O–H groups in total. The van der Waals surface area contributed by atoms with Crippen LogP contribution in [0.25, 0.3) is 0 Å². The second kappa shape index (κ2) is 7.28. The van der Waals surface area contributed by atoms with Gasteiger partial charge in [-0.15, -0.1) is 0 Å². The number of carboxylic acids is 1. The molecular weight excluding hydrogens is 266 g/mol. The number of amides is 1. The molecule has 2 aliphatic rings. The third-order valence-electron chi connectivity index (χ3n) is 5.69. The van der Waals surface area contributed by atoms with E-state index >= 15 is 0 Å². The molecule has 2 unspecified atom stereocenters. The molecular formula is C17H29NO3. The fourth-order valence-corrected chi connectivity index (χ4v) is 4.10. The van der Waals surface area contributed by atoms with Gasteiger partial charge in [-0.1, -0.05) is 26.2 Å². The van der Waals surface area contributed by atoms with Gasteiger partial charge in [0.25, 0.3) is 0 Å². The molecule has 0 saturated heterocycles. The average molecular weight is 295 g/mol. The molecule has 0 spiro atoms. The molecule has 0 bridgehead atoms. The van der Waals surface area contributed by atoms with Crippen molar-refractivity contribution in [3.05, 3.63) is 0 Å². The molecule has 2 fully saturated rings. The average Bonchev–Trinajstić information content (AvgIpc) is 2.53. The summed E-state index contributed by atoms with van der Waals surface area (Å²) in [6.45, 7) is 2.24. The summed E-state index contributed by atoms with van der Waals surface area (Å²) in [5, 5.41) is 9.35. The molecule has 0 aromatic rings. The second-order valence-corrected chi connectivity index (χ2v) is 6.87. The molecule has 4 heteroatoms. The van der Waals surface area contributed by atoms with Crippen LogP contribution in [0.5, 0.6) is 0 Å². The van der Waals surface area contributed by atoms with Crippen LogP contribution in [0, 0.1) is 17.8 Å². The van der Waals surface area contributed by atoms with Crippen LogP contribution in [0.15, 0.2) is 0 Å². The minimum atomic E-state index is -0.795. The molecule has 21 heavy (non-hydrogen) atoms. The quantitative estimate of drug-likeness (QED) is 0.865. The lowest BCUT2D eigenvalue weighted by Gasteiger charge is -2.38. The standard InChI is InChI=1S/C17H29NO3/c1-3-12-8-10-13(11-9-12)18(2)16(19)14-6-4-5-7-15(14)17(20)21/h12-15H,3-11H2,1-2H3,(H,20,21). The molecule has 0 heterocycles. The van der Waals surface area contributed by atoms with E-state index in [1.807, 2.05) is 11.9 Å². The van der Waals surface area contributed by atoms with E-state index in [2.05, 4.69) is 6.92 Å². The lowest BCUT2D eigenvalue weighted by atomic mass is 9.77. The third kappa shape index (κ3) is 3.78. The van der Waals surface area contributed by atoms with E-state index in [9.17, 15) is 14.7 Å². The minimum Gasteiger partial charge on any atom is -0.481 e. The predicted molar refractivity (Wildman–Crippen MR) is 81.9 cm³/mol. The SMILES string of the molecule is CCC1CCC(N(C)C(=O)C2CCCCC2C(=O)O)CC1. The molecule has 2 atom stereocenters. The third-order valence-corrected chi connectivity index (χ3v) is 5.69. The van der Waals surface area contributed by atoms with Crippen molar-refractivity contribution < 1.29 is 14.7 Å². The van der Waals surface area contributed by atoms with E-state index < -0.39 is 11.9 Å². The number of carboxylic acid groups (broad SMARTS) is 1. The number of carbonyl (C=O) groups excluding carboxylic acids is 1. The van der Waals surface area contributed by atoms with Gasteiger partial charge >= 0.3 is 5.97 Å². The predicted octanol–water partition coefficient (Wildman–Crippen LogP) is 3.30. The van der Waals surface area contributed by atoms with Crippen molar-refractivity contribution in [1.29, 1.82) is 0 Å². The van der Waals surface area contributed by atoms with E-state index in [1.54, 1.807) is 0 Å². The highest BCUT2D eigenvalue weighted by molar-refractivity contribution is 5.85. The number of rotatable bonds is 4. The lowest BCUT2D eigenvalue weighted by molar-refractivity contribution is -0.153. The summed E-state index contributed by atoms with van der Waals surface area (Å²) in [4.78, 5) is 26.0. The summed E-state index contributed by atoms with van der Waals surface area (Å²) in [6.07, 6.45) is 9.09. The summed E-state index contributed by atoms with van der Waals surface area (Å²) < 4.78 is 0. The van der Waals surface area contributed by atoms with Gasteiger partial charge in [0.15, 0.2) is 0 Å². The van der Waals surface area contributed by atoms with Gasteiger partial charge < -0.3 is 10.0 Å². The zero-order valence-corrected chi connectivity index (χ0v) is 13.4. The number of hydrogen-bond acceptors (Lipinski definition) is 2. The molecule has 2 rings (SSSR count). The molecule has 0 aromatic carbocycles. The second-order valence-electron chi connectivity index (χ2n) is 6.87. The van der Waals surface area contributed by atoms with Crippen molar-refractivity contribution in [2.24, 2.45) is 17.8 Å². The molecule has 0 radical (unpaired) electrons. The van der Waals surface area contributed by atoms with Crippen molar-refractivity contribution in [2.45, 2.75) is 70.8 Å². The highest BCUT2D eigenvalue weighted by Crippen LogP contribution is 2.34. The number of aliphatic carboxylic acids is 1. The molecule has 0 aliphatic heterocycles. The molecule has 2 aliphatic carbocycles. The molecule has 120 valence electrons. The summed E-state index contributed by atoms with van der Waals surface area (Å²) in [5.74, 6) is -0.685. The van der Waals surface area contributed by atoms with Gasteiger partial charge in [0.05, 0.1) is 11.8 Å². The van der Waals surface area contributed by atoms with Crippen LogP contribution in [0.2, 0.25) is 0 Å². The maximum Gasteiger partial charge on any atom is 0.307 e. The molecule has 1 amide bonds. The Hall–Kier alpha value is -1.06. The van der Waals surface area contributed by atoms with Crippen molar-refractivity contribution >= 4 is 11.9 Å². The monoisotopic (exact) mass is 295 g/mol. The van der Waals surface area contributed by atoms with Crippen LogP contribution >= 0.6 is 0 Å². The van der Waals surface area contributed by atoms with Gasteiger partial charge in [0.2, 0.25) is 5.91 Å². The van der Waals surface area contributed by atoms with E-state index in [4.69, 9.17) is 0 Å². The summed E-state index contributed by atoms with van der Waals surface area (Å²) >= 11 is 0. The summed E-state index contributed by atoms with van der Waals surface area (Å²) in [5.41, 5.74) is 0. The van der Waals surface area contributed by atoms with Gasteiger partial charge in [-0.25, -0.2) is 0 Å². The van der Waals surface area contributed by atoms with Gasteiger partial charge in [-0.05, 0) is 44.4 Å². The van der Waals surface area contributed by atoms with E-state index in [1.165, 1.54) is 19.3 Å². The van der Waals surface area contributed by atoms with Crippen LogP contribution in [-0.2, 0) is 9.59 Å². The summed E-state index contributed by atoms with van der Waals surface area (Å²) in [6, 6.07) is 0.316. The van der Waals surface area contributed by atoms with Crippen LogP contribution in [0.1, 0.15) is 64.7 Å². The van der Waals surface area contributed by atoms with Gasteiger partial charge in [0, 0.05) is 13.1 Å². The van der Waals surface area contributed by atoms with Crippen molar-refractivity contribution in [2.75, 3.05) is 7.05 Å². The Morgan fingerprint density at radius 1 is 1.00 bits per heavy atom. The maximum atomic E-state index is 12.7. The summed E-state index contributed by atoms with van der Waals surface area (Å²) in [7, 11) is 1.88. The highest BCUT2D eigenvalue weighted by Gasteiger charge is 2.38. The van der Waals surface area contributed by atoms with E-state index in [0.29, 0.717) is 12.5 Å². The first kappa shape index (κ1) is 16.3. The van der Waals surface area contributed by atoms with Crippen LogP contribution in [0.3, 0.4) is 0 Å². The van der Waals surface area contributed by atoms with Crippen molar-refractivity contribution in [3.63, 3.8) is 0 Å². The fourth-order valence-electron chi connectivity index (χ4n) is 4.10. The Labute approximate surface area is 127 Å². The van der Waals surface area contributed by atoms with Gasteiger partial charge in [-0.2, -0.15) is 0 Å². The number of hydrogen-bond donors (Lipinski definition) is 1. The smallest absolute Gasteiger partial charge is 0.307 e. The Kier molecular flexibility index (Phi) is 5.65. The van der Waals surface area contributed by atoms with Crippen LogP contribution in [0.4, 0.5) is 0 Å². The van der Waals surface area contributed by atoms with Crippen molar-refractivity contribution in [1.82, 2.24) is 4.90 Å². The largest absolute Gasteiger partial charge is 0.481 e. The minimum absolute atomic E-state index is 0.0713. The van der Waals surface area contributed by atoms with Crippen LogP contribution in [-0.4, -0.2) is 35.0 Å². The van der Waals surface area contributed by atoms with Gasteiger partial charge in [-0.3, -0.25) is 9.59 Å². The fraction of sp³-hybridized carbons (Fsp3) is 0.882. The van der Waals surface area contributed by atoms with Gasteiger partial charge in [0.1, 0.15) is 0 Å². The molecule has 2 saturated carbocycles.